The number of nitrogens with zero attached hydrogens (tertiary/aromatic N) is 1. The van der Waals surface area contributed by atoms with Crippen LogP contribution < -0.4 is 9.46 Å². The molecule has 0 bridgehead atoms. The van der Waals surface area contributed by atoms with Gasteiger partial charge in [0.05, 0.1) is 17.9 Å². The minimum Gasteiger partial charge on any atom is -0.426 e. The number of esters is 1. The maximum absolute atomic E-state index is 11.9. The van der Waals surface area contributed by atoms with E-state index in [4.69, 9.17) is 4.74 Å². The normalized spacial score (nSPS) is 16.5. The number of fused-ring (bicyclic) bond motifs is 1. The highest BCUT2D eigenvalue weighted by atomic mass is 79.9. The van der Waals surface area contributed by atoms with Crippen LogP contribution in [0.3, 0.4) is 0 Å². The van der Waals surface area contributed by atoms with Crippen molar-refractivity contribution < 1.29 is 17.9 Å². The molecule has 0 saturated carbocycles. The maximum Gasteiger partial charge on any atom is 0.313 e. The van der Waals surface area contributed by atoms with E-state index in [0.29, 0.717) is 11.3 Å². The van der Waals surface area contributed by atoms with Crippen LogP contribution >= 0.6 is 15.9 Å². The van der Waals surface area contributed by atoms with E-state index in [1.54, 1.807) is 36.4 Å². The van der Waals surface area contributed by atoms with Crippen LogP contribution in [0, 0.1) is 0 Å². The lowest BCUT2D eigenvalue weighted by Crippen LogP contribution is -2.22. The number of hydrogen-bond acceptors (Lipinski definition) is 5. The average molecular weight is 409 g/mol. The Morgan fingerprint density at radius 2 is 1.96 bits per heavy atom. The Balaban J connectivity index is 1.64. The van der Waals surface area contributed by atoms with Crippen molar-refractivity contribution in [1.82, 2.24) is 4.72 Å². The Kier molecular flexibility index (Phi) is 4.68. The fourth-order valence-corrected chi connectivity index (χ4v) is 3.85. The summed E-state index contributed by atoms with van der Waals surface area (Å²) >= 11 is 3.30. The number of carbonyl (C=O) groups is 1. The number of amidine groups is 1. The van der Waals surface area contributed by atoms with E-state index in [9.17, 15) is 13.2 Å². The number of halogens is 1. The topological polar surface area (TPSA) is 84.8 Å². The van der Waals surface area contributed by atoms with Crippen molar-refractivity contribution in [2.75, 3.05) is 6.54 Å². The molecule has 1 aliphatic rings. The molecular weight excluding hydrogens is 396 g/mol. The molecule has 2 aromatic rings. The SMILES string of the molecule is O=C(CCN=C1NS(=O)(=O)c2ccccc21)Oc1cccc(Br)c1. The third-order valence-corrected chi connectivity index (χ3v) is 5.17. The molecule has 0 fully saturated rings. The average Bonchev–Trinajstić information content (AvgIpc) is 2.79. The van der Waals surface area contributed by atoms with E-state index in [0.717, 1.165) is 4.47 Å². The molecule has 8 heteroatoms. The zero-order valence-electron chi connectivity index (χ0n) is 12.4. The molecule has 2 aromatic carbocycles. The van der Waals surface area contributed by atoms with E-state index in [-0.39, 0.29) is 23.7 Å². The molecule has 0 amide bonds. The van der Waals surface area contributed by atoms with Crippen molar-refractivity contribution in [2.24, 2.45) is 4.99 Å². The van der Waals surface area contributed by atoms with Crippen LogP contribution in [0.5, 0.6) is 5.75 Å². The van der Waals surface area contributed by atoms with Gasteiger partial charge in [0.1, 0.15) is 11.6 Å². The van der Waals surface area contributed by atoms with E-state index in [1.807, 2.05) is 6.07 Å². The highest BCUT2D eigenvalue weighted by Crippen LogP contribution is 2.22. The summed E-state index contributed by atoms with van der Waals surface area (Å²) in [6.45, 7) is 0.124. The molecule has 0 radical (unpaired) electrons. The van der Waals surface area contributed by atoms with Gasteiger partial charge in [0, 0.05) is 10.0 Å². The molecule has 1 heterocycles. The zero-order valence-corrected chi connectivity index (χ0v) is 14.8. The second-order valence-electron chi connectivity index (χ2n) is 5.01. The lowest BCUT2D eigenvalue weighted by atomic mass is 10.2. The molecule has 24 heavy (non-hydrogen) atoms. The summed E-state index contributed by atoms with van der Waals surface area (Å²) in [5.41, 5.74) is 0.512. The Labute approximate surface area is 147 Å². The van der Waals surface area contributed by atoms with Gasteiger partial charge in [0.25, 0.3) is 10.0 Å². The Morgan fingerprint density at radius 1 is 1.17 bits per heavy atom. The number of carbonyl (C=O) groups excluding carboxylic acids is 1. The van der Waals surface area contributed by atoms with E-state index < -0.39 is 16.0 Å². The van der Waals surface area contributed by atoms with Crippen molar-refractivity contribution >= 4 is 37.8 Å². The summed E-state index contributed by atoms with van der Waals surface area (Å²) in [5, 5.41) is 0. The molecule has 0 aromatic heterocycles. The van der Waals surface area contributed by atoms with Gasteiger partial charge in [-0.25, -0.2) is 8.42 Å². The zero-order chi connectivity index (χ0) is 17.2. The summed E-state index contributed by atoms with van der Waals surface area (Å²) in [6.07, 6.45) is 0.0416. The second kappa shape index (κ2) is 6.74. The molecule has 6 nitrogen and oxygen atoms in total. The van der Waals surface area contributed by atoms with Crippen molar-refractivity contribution in [2.45, 2.75) is 11.3 Å². The first-order valence-electron chi connectivity index (χ1n) is 7.09. The van der Waals surface area contributed by atoms with Crippen LogP contribution in [-0.4, -0.2) is 26.8 Å². The van der Waals surface area contributed by atoms with Gasteiger partial charge in [0.15, 0.2) is 0 Å². The largest absolute Gasteiger partial charge is 0.426 e. The van der Waals surface area contributed by atoms with Crippen LogP contribution in [0.1, 0.15) is 12.0 Å². The lowest BCUT2D eigenvalue weighted by Gasteiger charge is -2.04. The van der Waals surface area contributed by atoms with Gasteiger partial charge in [-0.05, 0) is 30.3 Å². The Morgan fingerprint density at radius 3 is 2.75 bits per heavy atom. The van der Waals surface area contributed by atoms with Crippen molar-refractivity contribution in [1.29, 1.82) is 0 Å². The van der Waals surface area contributed by atoms with Crippen LogP contribution in [-0.2, 0) is 14.8 Å². The number of benzene rings is 2. The summed E-state index contributed by atoms with van der Waals surface area (Å²) in [7, 11) is -3.56. The third kappa shape index (κ3) is 3.65. The summed E-state index contributed by atoms with van der Waals surface area (Å²) in [4.78, 5) is 16.2. The Hall–Kier alpha value is -2.19. The number of aliphatic imine (C=N–C) groups is 1. The number of hydrogen-bond donors (Lipinski definition) is 1. The van der Waals surface area contributed by atoms with Gasteiger partial charge in [-0.3, -0.25) is 14.5 Å². The van der Waals surface area contributed by atoms with Crippen LogP contribution in [0.2, 0.25) is 0 Å². The minimum absolute atomic E-state index is 0.0416. The number of ether oxygens (including phenoxy) is 1. The number of nitrogens with one attached hydrogen (secondary N) is 1. The van der Waals surface area contributed by atoms with E-state index in [2.05, 4.69) is 25.6 Å². The van der Waals surface area contributed by atoms with Gasteiger partial charge >= 0.3 is 5.97 Å². The van der Waals surface area contributed by atoms with E-state index in [1.165, 1.54) is 6.07 Å². The predicted octanol–water partition coefficient (Wildman–Crippen LogP) is 2.48. The molecule has 0 spiro atoms. The van der Waals surface area contributed by atoms with Crippen molar-refractivity contribution in [3.8, 4) is 5.75 Å². The van der Waals surface area contributed by atoms with Gasteiger partial charge in [-0.2, -0.15) is 0 Å². The molecular formula is C16H13BrN2O4S. The summed E-state index contributed by atoms with van der Waals surface area (Å²) in [6, 6.07) is 13.5. The lowest BCUT2D eigenvalue weighted by molar-refractivity contribution is -0.134. The minimum atomic E-state index is -3.56. The summed E-state index contributed by atoms with van der Waals surface area (Å²) in [5.74, 6) is 0.251. The standard InChI is InChI=1S/C16H13BrN2O4S/c17-11-4-3-5-12(10-11)23-15(20)8-9-18-16-13-6-1-2-7-14(13)24(21,22)19-16/h1-7,10H,8-9H2,(H,18,19). The number of rotatable bonds is 4. The quantitative estimate of drug-likeness (QED) is 0.621. The predicted molar refractivity (Wildman–Crippen MR) is 92.6 cm³/mol. The monoisotopic (exact) mass is 408 g/mol. The van der Waals surface area contributed by atoms with Crippen LogP contribution in [0.4, 0.5) is 0 Å². The van der Waals surface area contributed by atoms with Crippen molar-refractivity contribution in [3.05, 3.63) is 58.6 Å². The number of sulfonamides is 1. The Bertz CT molecular complexity index is 925. The molecule has 0 unspecified atom stereocenters. The van der Waals surface area contributed by atoms with Gasteiger partial charge in [-0.1, -0.05) is 34.1 Å². The van der Waals surface area contributed by atoms with Crippen LogP contribution in [0.25, 0.3) is 0 Å². The second-order valence-corrected chi connectivity index (χ2v) is 7.58. The van der Waals surface area contributed by atoms with Gasteiger partial charge in [-0.15, -0.1) is 0 Å². The van der Waals surface area contributed by atoms with Crippen molar-refractivity contribution in [3.63, 3.8) is 0 Å². The first-order chi connectivity index (χ1) is 11.5. The van der Waals surface area contributed by atoms with Gasteiger partial charge in [0.2, 0.25) is 0 Å². The smallest absolute Gasteiger partial charge is 0.313 e. The molecule has 0 saturated heterocycles. The fourth-order valence-electron chi connectivity index (χ4n) is 2.22. The highest BCUT2D eigenvalue weighted by molar-refractivity contribution is 9.10. The molecule has 1 aliphatic heterocycles. The first-order valence-corrected chi connectivity index (χ1v) is 9.36. The van der Waals surface area contributed by atoms with E-state index >= 15 is 0 Å². The third-order valence-electron chi connectivity index (χ3n) is 3.28. The first kappa shape index (κ1) is 16.7. The maximum atomic E-state index is 11.9. The summed E-state index contributed by atoms with van der Waals surface area (Å²) < 4.78 is 32.3. The van der Waals surface area contributed by atoms with Gasteiger partial charge < -0.3 is 4.74 Å². The fraction of sp³-hybridized carbons (Fsp3) is 0.125. The molecule has 0 aliphatic carbocycles. The highest BCUT2D eigenvalue weighted by Gasteiger charge is 2.29. The molecule has 124 valence electrons. The molecule has 0 atom stereocenters. The molecule has 1 N–H and O–H groups in total. The molecule has 3 rings (SSSR count). The van der Waals surface area contributed by atoms with Crippen LogP contribution in [0.15, 0.2) is 62.9 Å².